The maximum absolute atomic E-state index is 12.3. The third kappa shape index (κ3) is 4.95. The van der Waals surface area contributed by atoms with Gasteiger partial charge in [-0.1, -0.05) is 26.0 Å². The van der Waals surface area contributed by atoms with Gasteiger partial charge in [0.2, 0.25) is 0 Å². The predicted molar refractivity (Wildman–Crippen MR) is 90.9 cm³/mol. The van der Waals surface area contributed by atoms with E-state index in [0.717, 1.165) is 13.0 Å². The maximum Gasteiger partial charge on any atom is 0.274 e. The molecule has 1 aromatic heterocycles. The molecule has 2 N–H and O–H groups in total. The number of carbonyl (C=O) groups is 1. The van der Waals surface area contributed by atoms with Crippen LogP contribution in [0.15, 0.2) is 36.7 Å². The van der Waals surface area contributed by atoms with Gasteiger partial charge in [0.1, 0.15) is 23.6 Å². The van der Waals surface area contributed by atoms with Crippen LogP contribution in [0.3, 0.4) is 0 Å². The van der Waals surface area contributed by atoms with Crippen LogP contribution in [0.5, 0.6) is 5.75 Å². The highest BCUT2D eigenvalue weighted by atomic mass is 16.5. The molecule has 0 aliphatic rings. The first-order chi connectivity index (χ1) is 11.1. The Bertz CT molecular complexity index is 659. The number of hydrogen-bond acceptors (Lipinski definition) is 5. The van der Waals surface area contributed by atoms with Crippen LogP contribution < -0.4 is 15.4 Å². The van der Waals surface area contributed by atoms with Crippen molar-refractivity contribution in [2.75, 3.05) is 24.3 Å². The first-order valence-electron chi connectivity index (χ1n) is 7.60. The highest BCUT2D eigenvalue weighted by Gasteiger charge is 2.11. The Balaban J connectivity index is 2.04. The molecule has 0 atom stereocenters. The molecule has 1 heterocycles. The predicted octanol–water partition coefficient (Wildman–Crippen LogP) is 3.20. The van der Waals surface area contributed by atoms with E-state index in [1.165, 1.54) is 6.33 Å². The summed E-state index contributed by atoms with van der Waals surface area (Å²) in [6, 6.07) is 8.88. The standard InChI is InChI=1S/C17H22N4O2/c1-12(2)8-9-18-16-10-14(19-11-20-16)17(22)21-13-6-4-5-7-15(13)23-3/h4-7,10-12H,8-9H2,1-3H3,(H,21,22)(H,18,19,20). The van der Waals surface area contributed by atoms with Crippen molar-refractivity contribution in [3.05, 3.63) is 42.4 Å². The normalized spacial score (nSPS) is 10.4. The molecular weight excluding hydrogens is 292 g/mol. The van der Waals surface area contributed by atoms with E-state index in [9.17, 15) is 4.79 Å². The Morgan fingerprint density at radius 3 is 2.78 bits per heavy atom. The second kappa shape index (κ2) is 8.12. The molecule has 0 bridgehead atoms. The van der Waals surface area contributed by atoms with E-state index in [-0.39, 0.29) is 5.91 Å². The average molecular weight is 314 g/mol. The fourth-order valence-electron chi connectivity index (χ4n) is 2.00. The van der Waals surface area contributed by atoms with Gasteiger partial charge in [0.15, 0.2) is 0 Å². The number of methoxy groups -OCH3 is 1. The van der Waals surface area contributed by atoms with Gasteiger partial charge < -0.3 is 15.4 Å². The van der Waals surface area contributed by atoms with Gasteiger partial charge >= 0.3 is 0 Å². The quantitative estimate of drug-likeness (QED) is 0.821. The average Bonchev–Trinajstić information content (AvgIpc) is 2.55. The Morgan fingerprint density at radius 1 is 1.26 bits per heavy atom. The van der Waals surface area contributed by atoms with Crippen LogP contribution in [0, 0.1) is 5.92 Å². The summed E-state index contributed by atoms with van der Waals surface area (Å²) in [6.45, 7) is 5.13. The highest BCUT2D eigenvalue weighted by Crippen LogP contribution is 2.23. The summed E-state index contributed by atoms with van der Waals surface area (Å²) >= 11 is 0. The number of amides is 1. The SMILES string of the molecule is COc1ccccc1NC(=O)c1cc(NCCC(C)C)ncn1. The molecule has 0 radical (unpaired) electrons. The third-order valence-corrected chi connectivity index (χ3v) is 3.28. The van der Waals surface area contributed by atoms with Crippen LogP contribution >= 0.6 is 0 Å². The monoisotopic (exact) mass is 314 g/mol. The molecule has 6 heteroatoms. The van der Waals surface area contributed by atoms with Crippen molar-refractivity contribution < 1.29 is 9.53 Å². The minimum atomic E-state index is -0.302. The maximum atomic E-state index is 12.3. The number of nitrogens with one attached hydrogen (secondary N) is 2. The summed E-state index contributed by atoms with van der Waals surface area (Å²) in [5, 5.41) is 6.00. The zero-order valence-electron chi connectivity index (χ0n) is 13.7. The fourth-order valence-corrected chi connectivity index (χ4v) is 2.00. The highest BCUT2D eigenvalue weighted by molar-refractivity contribution is 6.04. The molecule has 6 nitrogen and oxygen atoms in total. The van der Waals surface area contributed by atoms with Gasteiger partial charge in [0.05, 0.1) is 12.8 Å². The molecule has 2 rings (SSSR count). The van der Waals surface area contributed by atoms with E-state index >= 15 is 0 Å². The summed E-state index contributed by atoms with van der Waals surface area (Å²) in [7, 11) is 1.56. The smallest absolute Gasteiger partial charge is 0.274 e. The number of benzene rings is 1. The van der Waals surface area contributed by atoms with Gasteiger partial charge in [-0.2, -0.15) is 0 Å². The molecule has 122 valence electrons. The minimum absolute atomic E-state index is 0.302. The van der Waals surface area contributed by atoms with Crippen molar-refractivity contribution in [2.24, 2.45) is 5.92 Å². The molecule has 0 spiro atoms. The lowest BCUT2D eigenvalue weighted by molar-refractivity contribution is 0.102. The van der Waals surface area contributed by atoms with Crippen molar-refractivity contribution in [1.82, 2.24) is 9.97 Å². The van der Waals surface area contributed by atoms with E-state index in [1.54, 1.807) is 25.3 Å². The summed E-state index contributed by atoms with van der Waals surface area (Å²) < 4.78 is 5.22. The van der Waals surface area contributed by atoms with Crippen LogP contribution in [0.1, 0.15) is 30.8 Å². The van der Waals surface area contributed by atoms with Crippen LogP contribution in [0.25, 0.3) is 0 Å². The molecule has 0 saturated heterocycles. The fraction of sp³-hybridized carbons (Fsp3) is 0.353. The Kier molecular flexibility index (Phi) is 5.91. The molecule has 1 amide bonds. The van der Waals surface area contributed by atoms with Crippen LogP contribution in [0.4, 0.5) is 11.5 Å². The molecule has 1 aromatic carbocycles. The van der Waals surface area contributed by atoms with Crippen LogP contribution in [0.2, 0.25) is 0 Å². The van der Waals surface area contributed by atoms with E-state index in [0.29, 0.717) is 28.9 Å². The summed E-state index contributed by atoms with van der Waals surface area (Å²) in [4.78, 5) is 20.5. The number of ether oxygens (including phenoxy) is 1. The third-order valence-electron chi connectivity index (χ3n) is 3.28. The summed E-state index contributed by atoms with van der Waals surface area (Å²) in [5.41, 5.74) is 0.908. The Morgan fingerprint density at radius 2 is 2.04 bits per heavy atom. The zero-order valence-corrected chi connectivity index (χ0v) is 13.7. The van der Waals surface area contributed by atoms with E-state index in [1.807, 2.05) is 12.1 Å². The second-order valence-electron chi connectivity index (χ2n) is 5.55. The van der Waals surface area contributed by atoms with Gasteiger partial charge in [-0.15, -0.1) is 0 Å². The number of para-hydroxylation sites is 2. The van der Waals surface area contributed by atoms with Crippen molar-refractivity contribution >= 4 is 17.4 Å². The molecule has 0 aliphatic carbocycles. The van der Waals surface area contributed by atoms with Crippen LogP contribution in [-0.2, 0) is 0 Å². The molecule has 0 aliphatic heterocycles. The van der Waals surface area contributed by atoms with Gasteiger partial charge in [0.25, 0.3) is 5.91 Å². The van der Waals surface area contributed by atoms with Gasteiger partial charge in [-0.25, -0.2) is 9.97 Å². The number of anilines is 2. The first-order valence-corrected chi connectivity index (χ1v) is 7.60. The number of hydrogen-bond donors (Lipinski definition) is 2. The van der Waals surface area contributed by atoms with Gasteiger partial charge in [0, 0.05) is 12.6 Å². The van der Waals surface area contributed by atoms with E-state index < -0.39 is 0 Å². The Labute approximate surface area is 136 Å². The number of nitrogens with zero attached hydrogens (tertiary/aromatic N) is 2. The molecule has 2 aromatic rings. The lowest BCUT2D eigenvalue weighted by Gasteiger charge is -2.10. The molecule has 0 fully saturated rings. The van der Waals surface area contributed by atoms with Crippen LogP contribution in [-0.4, -0.2) is 29.5 Å². The first kappa shape index (κ1) is 16.7. The van der Waals surface area contributed by atoms with Crippen molar-refractivity contribution in [1.29, 1.82) is 0 Å². The van der Waals surface area contributed by atoms with Crippen molar-refractivity contribution in [3.8, 4) is 5.75 Å². The molecule has 0 unspecified atom stereocenters. The minimum Gasteiger partial charge on any atom is -0.495 e. The largest absolute Gasteiger partial charge is 0.495 e. The number of rotatable bonds is 7. The second-order valence-corrected chi connectivity index (χ2v) is 5.55. The molecule has 0 saturated carbocycles. The zero-order chi connectivity index (χ0) is 16.7. The van der Waals surface area contributed by atoms with E-state index in [4.69, 9.17) is 4.74 Å². The summed E-state index contributed by atoms with van der Waals surface area (Å²) in [6.07, 6.45) is 2.42. The molecule has 23 heavy (non-hydrogen) atoms. The van der Waals surface area contributed by atoms with Crippen molar-refractivity contribution in [3.63, 3.8) is 0 Å². The topological polar surface area (TPSA) is 76.1 Å². The summed E-state index contributed by atoms with van der Waals surface area (Å²) in [5.74, 6) is 1.55. The molecular formula is C17H22N4O2. The van der Waals surface area contributed by atoms with Gasteiger partial charge in [-0.3, -0.25) is 4.79 Å². The van der Waals surface area contributed by atoms with E-state index in [2.05, 4.69) is 34.4 Å². The van der Waals surface area contributed by atoms with Gasteiger partial charge in [-0.05, 0) is 24.5 Å². The lowest BCUT2D eigenvalue weighted by atomic mass is 10.1. The number of carbonyl (C=O) groups excluding carboxylic acids is 1. The van der Waals surface area contributed by atoms with Crippen molar-refractivity contribution in [2.45, 2.75) is 20.3 Å². The lowest BCUT2D eigenvalue weighted by Crippen LogP contribution is -2.15. The Hall–Kier alpha value is -2.63. The number of aromatic nitrogens is 2.